The fraction of sp³-hybridized carbons (Fsp3) is 0.688. The lowest BCUT2D eigenvalue weighted by Crippen LogP contribution is -2.32. The number of aromatic nitrogens is 2. The van der Waals surface area contributed by atoms with Crippen molar-refractivity contribution in [1.82, 2.24) is 14.9 Å². The van der Waals surface area contributed by atoms with Gasteiger partial charge in [0.15, 0.2) is 5.16 Å². The number of carbonyl (C=O) groups is 1. The van der Waals surface area contributed by atoms with Gasteiger partial charge in [0.25, 0.3) is 5.56 Å². The number of aromatic amines is 1. The number of nitrogens with zero attached hydrogens (tertiary/aromatic N) is 2. The smallest absolute Gasteiger partial charge is 0.254 e. The summed E-state index contributed by atoms with van der Waals surface area (Å²) in [6.45, 7) is 5.78. The van der Waals surface area contributed by atoms with Crippen LogP contribution in [-0.2, 0) is 11.2 Å². The number of aryl methyl sites for hydroxylation is 1. The molecule has 1 aliphatic heterocycles. The highest BCUT2D eigenvalue weighted by Gasteiger charge is 2.19. The predicted molar refractivity (Wildman–Crippen MR) is 89.3 cm³/mol. The molecule has 1 N–H and O–H groups in total. The zero-order valence-electron chi connectivity index (χ0n) is 13.6. The van der Waals surface area contributed by atoms with Crippen LogP contribution in [-0.4, -0.2) is 40.1 Å². The van der Waals surface area contributed by atoms with Crippen LogP contribution in [0.2, 0.25) is 0 Å². The Bertz CT molecular complexity index is 585. The highest BCUT2D eigenvalue weighted by molar-refractivity contribution is 7.98. The van der Waals surface area contributed by atoms with Gasteiger partial charge in [-0.05, 0) is 44.8 Å². The average molecular weight is 323 g/mol. The first-order valence-electron chi connectivity index (χ1n) is 7.92. The van der Waals surface area contributed by atoms with E-state index in [4.69, 9.17) is 0 Å². The molecule has 1 amide bonds. The van der Waals surface area contributed by atoms with Crippen LogP contribution in [0.3, 0.4) is 0 Å². The van der Waals surface area contributed by atoms with Crippen LogP contribution in [0, 0.1) is 12.8 Å². The molecule has 122 valence electrons. The van der Waals surface area contributed by atoms with E-state index >= 15 is 0 Å². The Morgan fingerprint density at radius 1 is 1.41 bits per heavy atom. The Kier molecular flexibility index (Phi) is 6.06. The van der Waals surface area contributed by atoms with Gasteiger partial charge < -0.3 is 9.88 Å². The van der Waals surface area contributed by atoms with Crippen LogP contribution in [0.1, 0.15) is 43.9 Å². The number of nitrogens with one attached hydrogen (secondary N) is 1. The van der Waals surface area contributed by atoms with Crippen molar-refractivity contribution in [2.45, 2.75) is 51.1 Å². The summed E-state index contributed by atoms with van der Waals surface area (Å²) in [4.78, 5) is 33.5. The Balaban J connectivity index is 1.98. The van der Waals surface area contributed by atoms with Gasteiger partial charge in [0.2, 0.25) is 5.91 Å². The Morgan fingerprint density at radius 2 is 2.18 bits per heavy atom. The number of H-pyrrole nitrogens is 1. The number of rotatable bonds is 4. The van der Waals surface area contributed by atoms with Gasteiger partial charge in [0, 0.05) is 30.8 Å². The molecule has 22 heavy (non-hydrogen) atoms. The van der Waals surface area contributed by atoms with Crippen LogP contribution >= 0.6 is 11.8 Å². The van der Waals surface area contributed by atoms with Crippen LogP contribution in [0.25, 0.3) is 0 Å². The van der Waals surface area contributed by atoms with Gasteiger partial charge in [-0.3, -0.25) is 9.59 Å². The summed E-state index contributed by atoms with van der Waals surface area (Å²) >= 11 is 1.41. The zero-order chi connectivity index (χ0) is 16.1. The van der Waals surface area contributed by atoms with Gasteiger partial charge in [-0.15, -0.1) is 0 Å². The second-order valence-corrected chi connectivity index (χ2v) is 6.85. The fourth-order valence-electron chi connectivity index (χ4n) is 2.88. The van der Waals surface area contributed by atoms with Crippen molar-refractivity contribution in [2.75, 3.05) is 19.3 Å². The summed E-state index contributed by atoms with van der Waals surface area (Å²) in [6, 6.07) is 0. The van der Waals surface area contributed by atoms with Crippen LogP contribution < -0.4 is 5.56 Å². The molecule has 1 atom stereocenters. The minimum atomic E-state index is -0.117. The SMILES string of the molecule is CSc1nc(C)c(CCC(=O)N2CCC[C@@H](C)CC2)c(=O)[nH]1. The zero-order valence-corrected chi connectivity index (χ0v) is 14.5. The number of hydrogen-bond donors (Lipinski definition) is 1. The molecule has 0 saturated carbocycles. The number of amides is 1. The van der Waals surface area contributed by atoms with Crippen molar-refractivity contribution in [2.24, 2.45) is 5.92 Å². The van der Waals surface area contributed by atoms with Crippen molar-refractivity contribution in [3.8, 4) is 0 Å². The van der Waals surface area contributed by atoms with E-state index in [2.05, 4.69) is 16.9 Å². The van der Waals surface area contributed by atoms with E-state index in [0.717, 1.165) is 31.6 Å². The molecule has 1 aliphatic rings. The Hall–Kier alpha value is -1.30. The third-order valence-corrected chi connectivity index (χ3v) is 4.93. The molecule has 2 heterocycles. The quantitative estimate of drug-likeness (QED) is 0.682. The maximum atomic E-state index is 12.4. The number of likely N-dealkylation sites (tertiary alicyclic amines) is 1. The predicted octanol–water partition coefficient (Wildman–Crippen LogP) is 2.38. The molecule has 1 saturated heterocycles. The molecular formula is C16H25N3O2S. The van der Waals surface area contributed by atoms with Crippen molar-refractivity contribution < 1.29 is 4.79 Å². The summed E-state index contributed by atoms with van der Waals surface area (Å²) < 4.78 is 0. The molecule has 2 rings (SSSR count). The topological polar surface area (TPSA) is 66.1 Å². The number of thioether (sulfide) groups is 1. The summed E-state index contributed by atoms with van der Waals surface area (Å²) in [5, 5.41) is 0.624. The molecule has 6 heteroatoms. The largest absolute Gasteiger partial charge is 0.343 e. The fourth-order valence-corrected chi connectivity index (χ4v) is 3.30. The monoisotopic (exact) mass is 323 g/mol. The van der Waals surface area contributed by atoms with Crippen LogP contribution in [0.5, 0.6) is 0 Å². The molecule has 0 aromatic carbocycles. The van der Waals surface area contributed by atoms with Gasteiger partial charge in [-0.2, -0.15) is 0 Å². The van der Waals surface area contributed by atoms with Gasteiger partial charge in [0.1, 0.15) is 0 Å². The maximum Gasteiger partial charge on any atom is 0.254 e. The summed E-state index contributed by atoms with van der Waals surface area (Å²) in [5.74, 6) is 0.855. The van der Waals surface area contributed by atoms with Gasteiger partial charge >= 0.3 is 0 Å². The number of carbonyl (C=O) groups excluding carboxylic acids is 1. The van der Waals surface area contributed by atoms with Crippen molar-refractivity contribution in [1.29, 1.82) is 0 Å². The minimum absolute atomic E-state index is 0.117. The molecule has 0 spiro atoms. The van der Waals surface area contributed by atoms with Crippen molar-refractivity contribution in [3.63, 3.8) is 0 Å². The molecule has 0 bridgehead atoms. The third kappa shape index (κ3) is 4.35. The first-order chi connectivity index (χ1) is 10.5. The van der Waals surface area contributed by atoms with E-state index in [0.29, 0.717) is 29.5 Å². The first kappa shape index (κ1) is 17.1. The molecule has 0 aliphatic carbocycles. The normalized spacial score (nSPS) is 19.0. The summed E-state index contributed by atoms with van der Waals surface area (Å²) in [6.07, 6.45) is 6.09. The van der Waals surface area contributed by atoms with E-state index in [1.807, 2.05) is 18.1 Å². The Labute approximate surface area is 135 Å². The van der Waals surface area contributed by atoms with E-state index < -0.39 is 0 Å². The Morgan fingerprint density at radius 3 is 2.86 bits per heavy atom. The highest BCUT2D eigenvalue weighted by Crippen LogP contribution is 2.17. The molecule has 0 unspecified atom stereocenters. The lowest BCUT2D eigenvalue weighted by atomic mass is 10.0. The standard InChI is InChI=1S/C16H25N3O2S/c1-11-5-4-9-19(10-8-11)14(20)7-6-13-12(2)17-16(22-3)18-15(13)21/h11H,4-10H2,1-3H3,(H,17,18,21)/t11-/m1/s1. The van der Waals surface area contributed by atoms with E-state index in [1.165, 1.54) is 18.2 Å². The number of hydrogen-bond acceptors (Lipinski definition) is 4. The third-order valence-electron chi connectivity index (χ3n) is 4.35. The molecular weight excluding hydrogens is 298 g/mol. The highest BCUT2D eigenvalue weighted by atomic mass is 32.2. The average Bonchev–Trinajstić information content (AvgIpc) is 2.70. The molecule has 1 aromatic heterocycles. The van der Waals surface area contributed by atoms with Crippen LogP contribution in [0.15, 0.2) is 9.95 Å². The summed E-state index contributed by atoms with van der Waals surface area (Å²) in [5.41, 5.74) is 1.24. The van der Waals surface area contributed by atoms with E-state index in [9.17, 15) is 9.59 Å². The molecule has 1 aromatic rings. The van der Waals surface area contributed by atoms with E-state index in [1.54, 1.807) is 0 Å². The minimum Gasteiger partial charge on any atom is -0.343 e. The second kappa shape index (κ2) is 7.81. The van der Waals surface area contributed by atoms with Gasteiger partial charge in [0.05, 0.1) is 0 Å². The maximum absolute atomic E-state index is 12.4. The van der Waals surface area contributed by atoms with Crippen molar-refractivity contribution >= 4 is 17.7 Å². The molecule has 0 radical (unpaired) electrons. The van der Waals surface area contributed by atoms with Gasteiger partial charge in [-0.25, -0.2) is 4.98 Å². The first-order valence-corrected chi connectivity index (χ1v) is 9.15. The second-order valence-electron chi connectivity index (χ2n) is 6.06. The van der Waals surface area contributed by atoms with Crippen LogP contribution in [0.4, 0.5) is 0 Å². The molecule has 1 fully saturated rings. The van der Waals surface area contributed by atoms with Gasteiger partial charge in [-0.1, -0.05) is 18.7 Å². The lowest BCUT2D eigenvalue weighted by molar-refractivity contribution is -0.131. The lowest BCUT2D eigenvalue weighted by Gasteiger charge is -2.20. The van der Waals surface area contributed by atoms with Crippen molar-refractivity contribution in [3.05, 3.63) is 21.6 Å². The molecule has 5 nitrogen and oxygen atoms in total. The summed E-state index contributed by atoms with van der Waals surface area (Å²) in [7, 11) is 0. The van der Waals surface area contributed by atoms with E-state index in [-0.39, 0.29) is 11.5 Å².